The molecule has 2 amide bonds. The lowest BCUT2D eigenvalue weighted by Crippen LogP contribution is -2.59. The topological polar surface area (TPSA) is 99.1 Å². The van der Waals surface area contributed by atoms with Gasteiger partial charge in [-0.2, -0.15) is 0 Å². The third-order valence-corrected chi connectivity index (χ3v) is 9.69. The van der Waals surface area contributed by atoms with Gasteiger partial charge in [-0.15, -0.1) is 0 Å². The maximum Gasteiger partial charge on any atom is 0.247 e. The van der Waals surface area contributed by atoms with Crippen molar-refractivity contribution in [2.45, 2.75) is 76.0 Å². The van der Waals surface area contributed by atoms with Crippen molar-refractivity contribution in [2.24, 2.45) is 23.2 Å². The first kappa shape index (κ1) is 25.6. The predicted molar refractivity (Wildman–Crippen MR) is 143 cm³/mol. The smallest absolute Gasteiger partial charge is 0.247 e. The van der Waals surface area contributed by atoms with E-state index in [0.29, 0.717) is 17.9 Å². The number of ether oxygens (including phenoxy) is 1. The van der Waals surface area contributed by atoms with E-state index in [1.165, 1.54) is 19.3 Å². The second-order valence-corrected chi connectivity index (χ2v) is 12.4. The van der Waals surface area contributed by atoms with Crippen molar-refractivity contribution >= 4 is 11.8 Å². The average molecular weight is 521 g/mol. The Labute approximate surface area is 224 Å². The molecule has 1 aromatic rings. The first-order valence-electron chi connectivity index (χ1n) is 14.4. The molecule has 7 rings (SSSR count). The predicted octanol–water partition coefficient (Wildman–Crippen LogP) is 3.32. The monoisotopic (exact) mass is 520 g/mol. The minimum Gasteiger partial charge on any atom is -0.486 e. The molecule has 3 N–H and O–H groups in total. The van der Waals surface area contributed by atoms with Gasteiger partial charge in [-0.1, -0.05) is 31.2 Å². The summed E-state index contributed by atoms with van der Waals surface area (Å²) in [5.41, 5.74) is 1.44. The van der Waals surface area contributed by atoms with E-state index < -0.39 is 24.2 Å². The minimum absolute atomic E-state index is 0.0771. The molecule has 204 valence electrons. The number of carbonyl (C=O) groups excluding carboxylic acids is 2. The van der Waals surface area contributed by atoms with Crippen molar-refractivity contribution in [3.63, 3.8) is 0 Å². The Hall–Kier alpha value is -2.64. The maximum absolute atomic E-state index is 13.8. The molecule has 1 aromatic carbocycles. The zero-order chi connectivity index (χ0) is 26.4. The number of aliphatic hydroxyl groups is 2. The number of fused-ring (bicyclic) bond motifs is 3. The van der Waals surface area contributed by atoms with E-state index in [9.17, 15) is 19.8 Å². The molecule has 0 saturated heterocycles. The molecule has 6 aliphatic rings. The van der Waals surface area contributed by atoms with Crippen molar-refractivity contribution in [2.75, 3.05) is 19.7 Å². The number of para-hydroxylation sites is 1. The number of amides is 2. The second-order valence-electron chi connectivity index (χ2n) is 12.4. The second kappa shape index (κ2) is 10.2. The normalized spacial score (nSPS) is 36.4. The van der Waals surface area contributed by atoms with Gasteiger partial charge < -0.3 is 25.2 Å². The highest BCUT2D eigenvalue weighted by molar-refractivity contribution is 5.96. The van der Waals surface area contributed by atoms with Crippen LogP contribution in [0.5, 0.6) is 5.75 Å². The number of carbonyl (C=O) groups is 2. The Balaban J connectivity index is 1.38. The number of nitrogens with one attached hydrogen (secondary N) is 1. The number of allylic oxidation sites excluding steroid dienone is 1. The summed E-state index contributed by atoms with van der Waals surface area (Å²) in [5.74, 6) is 2.05. The van der Waals surface area contributed by atoms with Crippen molar-refractivity contribution in [1.82, 2.24) is 10.2 Å². The number of nitrogens with zero attached hydrogens (tertiary/aromatic N) is 1. The molecule has 1 heterocycles. The van der Waals surface area contributed by atoms with Crippen LogP contribution >= 0.6 is 0 Å². The molecule has 4 atom stereocenters. The fourth-order valence-corrected chi connectivity index (χ4v) is 8.68. The molecule has 0 spiro atoms. The molecule has 7 nitrogen and oxygen atoms in total. The molecule has 0 radical (unpaired) electrons. The Morgan fingerprint density at radius 3 is 2.47 bits per heavy atom. The van der Waals surface area contributed by atoms with Gasteiger partial charge in [0.05, 0.1) is 18.6 Å². The fraction of sp³-hybridized carbons (Fsp3) is 0.613. The van der Waals surface area contributed by atoms with Crippen LogP contribution in [0.2, 0.25) is 0 Å². The van der Waals surface area contributed by atoms with E-state index in [0.717, 1.165) is 49.0 Å². The molecule has 5 aliphatic carbocycles. The summed E-state index contributed by atoms with van der Waals surface area (Å²) in [6, 6.07) is 6.91. The maximum atomic E-state index is 13.8. The average Bonchev–Trinajstić information content (AvgIpc) is 3.29. The highest BCUT2D eigenvalue weighted by atomic mass is 16.5. The van der Waals surface area contributed by atoms with Gasteiger partial charge in [0.25, 0.3) is 0 Å². The summed E-state index contributed by atoms with van der Waals surface area (Å²) in [6.45, 7) is 2.57. The van der Waals surface area contributed by atoms with Crippen LogP contribution in [0.1, 0.15) is 63.4 Å². The molecule has 7 heteroatoms. The zero-order valence-corrected chi connectivity index (χ0v) is 22.2. The lowest BCUT2D eigenvalue weighted by atomic mass is 9.49. The van der Waals surface area contributed by atoms with Gasteiger partial charge in [0.15, 0.2) is 0 Å². The van der Waals surface area contributed by atoms with Crippen LogP contribution in [0, 0.1) is 23.2 Å². The molecular formula is C31H40N2O5. The summed E-state index contributed by atoms with van der Waals surface area (Å²) in [4.78, 5) is 29.0. The van der Waals surface area contributed by atoms with Crippen molar-refractivity contribution < 1.29 is 24.5 Å². The van der Waals surface area contributed by atoms with E-state index in [1.54, 1.807) is 6.08 Å². The number of hydrogen-bond donors (Lipinski definition) is 3. The lowest BCUT2D eigenvalue weighted by Gasteiger charge is -2.58. The van der Waals surface area contributed by atoms with Crippen molar-refractivity contribution in [1.29, 1.82) is 0 Å². The van der Waals surface area contributed by atoms with Gasteiger partial charge >= 0.3 is 0 Å². The molecule has 0 unspecified atom stereocenters. The van der Waals surface area contributed by atoms with Crippen LogP contribution in [0.25, 0.3) is 0 Å². The summed E-state index contributed by atoms with van der Waals surface area (Å²) in [5, 5.41) is 23.9. The summed E-state index contributed by atoms with van der Waals surface area (Å²) < 4.78 is 6.27. The SMILES string of the molecule is CCC=CC(=O)N(CC12CC3CC(CC(C3)C1)C2)[C@@H]1C=C(C(=O)NCCO)[C@@H]2c3ccccc3O[C@@H]2[C@H]1O. The van der Waals surface area contributed by atoms with Crippen LogP contribution in [0.15, 0.2) is 48.1 Å². The first-order chi connectivity index (χ1) is 18.4. The first-order valence-corrected chi connectivity index (χ1v) is 14.4. The fourth-order valence-electron chi connectivity index (χ4n) is 8.68. The van der Waals surface area contributed by atoms with Crippen LogP contribution in [-0.2, 0) is 9.59 Å². The largest absolute Gasteiger partial charge is 0.486 e. The van der Waals surface area contributed by atoms with Crippen LogP contribution in [0.3, 0.4) is 0 Å². The van der Waals surface area contributed by atoms with E-state index in [-0.39, 0.29) is 30.4 Å². The van der Waals surface area contributed by atoms with Gasteiger partial charge in [-0.05, 0) is 86.3 Å². The third-order valence-electron chi connectivity index (χ3n) is 9.69. The summed E-state index contributed by atoms with van der Waals surface area (Å²) >= 11 is 0. The lowest BCUT2D eigenvalue weighted by molar-refractivity contribution is -0.140. The number of hydrogen-bond acceptors (Lipinski definition) is 5. The standard InChI is InChI=1S/C31H40N2O5/c1-2-3-8-26(35)33(18-31-15-19-11-20(16-31)13-21(12-19)17-31)24-14-23(30(37)32-9-10-34)27-22-6-4-5-7-25(22)38-29(27)28(24)36/h3-8,14,19-21,24,27-29,34,36H,2,9-13,15-18H2,1H3,(H,32,37)/t19?,20?,21?,24-,27+,28+,29+,31?/m1/s1. The Bertz CT molecular complexity index is 1110. The molecule has 1 aliphatic heterocycles. The van der Waals surface area contributed by atoms with E-state index >= 15 is 0 Å². The minimum atomic E-state index is -0.977. The Morgan fingerprint density at radius 2 is 1.82 bits per heavy atom. The molecule has 4 fully saturated rings. The number of rotatable bonds is 8. The highest BCUT2D eigenvalue weighted by Gasteiger charge is 2.54. The third kappa shape index (κ3) is 4.47. The van der Waals surface area contributed by atoms with Gasteiger partial charge in [0.1, 0.15) is 18.0 Å². The number of benzene rings is 1. The van der Waals surface area contributed by atoms with Gasteiger partial charge in [-0.25, -0.2) is 0 Å². The highest BCUT2D eigenvalue weighted by Crippen LogP contribution is 2.60. The van der Waals surface area contributed by atoms with E-state index in [1.807, 2.05) is 48.2 Å². The van der Waals surface area contributed by atoms with Crippen LogP contribution < -0.4 is 10.1 Å². The van der Waals surface area contributed by atoms with Crippen molar-refractivity contribution in [3.05, 3.63) is 53.6 Å². The summed E-state index contributed by atoms with van der Waals surface area (Å²) in [7, 11) is 0. The van der Waals surface area contributed by atoms with E-state index in [2.05, 4.69) is 5.32 Å². The molecular weight excluding hydrogens is 480 g/mol. The Kier molecular flexibility index (Phi) is 6.85. The van der Waals surface area contributed by atoms with Crippen molar-refractivity contribution in [3.8, 4) is 5.75 Å². The van der Waals surface area contributed by atoms with Gasteiger partial charge in [0, 0.05) is 24.2 Å². The summed E-state index contributed by atoms with van der Waals surface area (Å²) in [6.07, 6.45) is 11.8. The molecule has 0 aromatic heterocycles. The van der Waals surface area contributed by atoms with Gasteiger partial charge in [0.2, 0.25) is 11.8 Å². The van der Waals surface area contributed by atoms with Crippen LogP contribution in [0.4, 0.5) is 0 Å². The number of aliphatic hydroxyl groups excluding tert-OH is 2. The molecule has 4 saturated carbocycles. The molecule has 38 heavy (non-hydrogen) atoms. The van der Waals surface area contributed by atoms with Crippen LogP contribution in [-0.4, -0.2) is 64.9 Å². The zero-order valence-electron chi connectivity index (χ0n) is 22.2. The molecule has 4 bridgehead atoms. The quantitative estimate of drug-likeness (QED) is 0.457. The van der Waals surface area contributed by atoms with E-state index in [4.69, 9.17) is 4.74 Å². The Morgan fingerprint density at radius 1 is 1.13 bits per heavy atom. The van der Waals surface area contributed by atoms with Gasteiger partial charge in [-0.3, -0.25) is 9.59 Å².